The molecule has 0 aliphatic heterocycles. The second kappa shape index (κ2) is 5.71. The number of carboxylic acids is 1. The van der Waals surface area contributed by atoms with Crippen molar-refractivity contribution in [2.75, 3.05) is 11.4 Å². The lowest BCUT2D eigenvalue weighted by atomic mass is 10.1. The molecule has 1 N–H and O–H groups in total. The van der Waals surface area contributed by atoms with Crippen molar-refractivity contribution in [3.05, 3.63) is 35.9 Å². The minimum absolute atomic E-state index is 0.643. The summed E-state index contributed by atoms with van der Waals surface area (Å²) >= 11 is 0. The zero-order valence-corrected chi connectivity index (χ0v) is 10.7. The van der Waals surface area contributed by atoms with Gasteiger partial charge in [-0.2, -0.15) is 0 Å². The van der Waals surface area contributed by atoms with Gasteiger partial charge < -0.3 is 10.0 Å². The van der Waals surface area contributed by atoms with Crippen LogP contribution in [0, 0.1) is 0 Å². The molecule has 0 heterocycles. The molecule has 2 rings (SSSR count). The zero-order chi connectivity index (χ0) is 13.0. The molecule has 3 nitrogen and oxygen atoms in total. The fourth-order valence-corrected chi connectivity index (χ4v) is 2.18. The summed E-state index contributed by atoms with van der Waals surface area (Å²) < 4.78 is 0. The van der Waals surface area contributed by atoms with Gasteiger partial charge in [0.25, 0.3) is 0 Å². The topological polar surface area (TPSA) is 40.5 Å². The minimum atomic E-state index is -0.904. The van der Waals surface area contributed by atoms with Crippen LogP contribution in [0.25, 0.3) is 6.08 Å². The molecule has 1 aliphatic carbocycles. The number of rotatable bonds is 6. The van der Waals surface area contributed by atoms with E-state index in [1.54, 1.807) is 6.08 Å². The van der Waals surface area contributed by atoms with Crippen molar-refractivity contribution in [3.8, 4) is 0 Å². The van der Waals surface area contributed by atoms with Gasteiger partial charge in [-0.05, 0) is 37.0 Å². The standard InChI is InChI=1S/C15H19NO2/c1-2-11-16(13-8-9-13)14-6-4-3-5-12(14)7-10-15(17)18/h3-7,10,13H,2,8-9,11H2,1H3,(H,17,18)/b10-7+. The maximum absolute atomic E-state index is 10.6. The number of aliphatic carboxylic acids is 1. The van der Waals surface area contributed by atoms with Crippen LogP contribution >= 0.6 is 0 Å². The van der Waals surface area contributed by atoms with Crippen LogP contribution in [0.2, 0.25) is 0 Å². The molecular weight excluding hydrogens is 226 g/mol. The van der Waals surface area contributed by atoms with Crippen LogP contribution < -0.4 is 4.90 Å². The fourth-order valence-electron chi connectivity index (χ4n) is 2.18. The Morgan fingerprint density at radius 3 is 2.78 bits per heavy atom. The Morgan fingerprint density at radius 2 is 2.17 bits per heavy atom. The van der Waals surface area contributed by atoms with E-state index in [0.29, 0.717) is 6.04 Å². The summed E-state index contributed by atoms with van der Waals surface area (Å²) in [6.45, 7) is 3.20. The smallest absolute Gasteiger partial charge is 0.328 e. The summed E-state index contributed by atoms with van der Waals surface area (Å²) in [6.07, 6.45) is 6.49. The summed E-state index contributed by atoms with van der Waals surface area (Å²) in [6, 6.07) is 8.65. The molecule has 1 saturated carbocycles. The fraction of sp³-hybridized carbons (Fsp3) is 0.400. The van der Waals surface area contributed by atoms with Crippen LogP contribution in [-0.2, 0) is 4.79 Å². The number of nitrogens with zero attached hydrogens (tertiary/aromatic N) is 1. The second-order valence-corrected chi connectivity index (χ2v) is 4.65. The summed E-state index contributed by atoms with van der Waals surface area (Å²) in [5.41, 5.74) is 2.14. The summed E-state index contributed by atoms with van der Waals surface area (Å²) in [5, 5.41) is 8.73. The molecule has 0 bridgehead atoms. The Morgan fingerprint density at radius 1 is 1.44 bits per heavy atom. The SMILES string of the molecule is CCCN(c1ccccc1/C=C/C(=O)O)C1CC1. The van der Waals surface area contributed by atoms with Crippen molar-refractivity contribution in [2.45, 2.75) is 32.2 Å². The molecule has 1 aliphatic rings. The van der Waals surface area contributed by atoms with Gasteiger partial charge in [0.05, 0.1) is 0 Å². The zero-order valence-electron chi connectivity index (χ0n) is 10.7. The molecule has 1 aromatic carbocycles. The summed E-state index contributed by atoms with van der Waals surface area (Å²) in [5.74, 6) is -0.904. The molecule has 1 aromatic rings. The van der Waals surface area contributed by atoms with Crippen molar-refractivity contribution >= 4 is 17.7 Å². The van der Waals surface area contributed by atoms with Crippen LogP contribution in [-0.4, -0.2) is 23.7 Å². The number of benzene rings is 1. The van der Waals surface area contributed by atoms with E-state index in [4.69, 9.17) is 5.11 Å². The summed E-state index contributed by atoms with van der Waals surface area (Å²) in [7, 11) is 0. The predicted molar refractivity (Wildman–Crippen MR) is 73.8 cm³/mol. The minimum Gasteiger partial charge on any atom is -0.478 e. The van der Waals surface area contributed by atoms with E-state index in [9.17, 15) is 4.79 Å². The van der Waals surface area contributed by atoms with E-state index in [2.05, 4.69) is 17.9 Å². The van der Waals surface area contributed by atoms with Crippen molar-refractivity contribution < 1.29 is 9.90 Å². The highest BCUT2D eigenvalue weighted by atomic mass is 16.4. The third-order valence-electron chi connectivity index (χ3n) is 3.10. The van der Waals surface area contributed by atoms with E-state index in [1.807, 2.05) is 18.2 Å². The van der Waals surface area contributed by atoms with Gasteiger partial charge in [0.2, 0.25) is 0 Å². The van der Waals surface area contributed by atoms with Crippen molar-refractivity contribution in [1.82, 2.24) is 0 Å². The number of para-hydroxylation sites is 1. The Hall–Kier alpha value is -1.77. The maximum atomic E-state index is 10.6. The molecule has 18 heavy (non-hydrogen) atoms. The van der Waals surface area contributed by atoms with Gasteiger partial charge in [-0.25, -0.2) is 4.79 Å². The predicted octanol–water partition coefficient (Wildman–Crippen LogP) is 3.16. The molecule has 0 radical (unpaired) electrons. The first-order valence-corrected chi connectivity index (χ1v) is 6.49. The Labute approximate surface area is 108 Å². The van der Waals surface area contributed by atoms with Crippen molar-refractivity contribution in [1.29, 1.82) is 0 Å². The van der Waals surface area contributed by atoms with Crippen LogP contribution in [0.15, 0.2) is 30.3 Å². The van der Waals surface area contributed by atoms with E-state index in [-0.39, 0.29) is 0 Å². The van der Waals surface area contributed by atoms with Gasteiger partial charge in [-0.3, -0.25) is 0 Å². The number of anilines is 1. The number of hydrogen-bond donors (Lipinski definition) is 1. The Bertz CT molecular complexity index is 450. The van der Waals surface area contributed by atoms with E-state index < -0.39 is 5.97 Å². The quantitative estimate of drug-likeness (QED) is 0.783. The highest BCUT2D eigenvalue weighted by Crippen LogP contribution is 2.34. The molecule has 0 atom stereocenters. The monoisotopic (exact) mass is 245 g/mol. The lowest BCUT2D eigenvalue weighted by molar-refractivity contribution is -0.131. The Balaban J connectivity index is 2.27. The summed E-state index contributed by atoms with van der Waals surface area (Å²) in [4.78, 5) is 13.0. The van der Waals surface area contributed by atoms with Crippen LogP contribution in [0.5, 0.6) is 0 Å². The molecule has 0 aromatic heterocycles. The molecular formula is C15H19NO2. The Kier molecular flexibility index (Phi) is 4.03. The maximum Gasteiger partial charge on any atom is 0.328 e. The van der Waals surface area contributed by atoms with E-state index in [1.165, 1.54) is 18.9 Å². The largest absolute Gasteiger partial charge is 0.478 e. The number of hydrogen-bond acceptors (Lipinski definition) is 2. The number of carbonyl (C=O) groups is 1. The van der Waals surface area contributed by atoms with Gasteiger partial charge in [0.1, 0.15) is 0 Å². The van der Waals surface area contributed by atoms with Gasteiger partial charge >= 0.3 is 5.97 Å². The third kappa shape index (κ3) is 3.13. The third-order valence-corrected chi connectivity index (χ3v) is 3.10. The molecule has 0 saturated heterocycles. The first kappa shape index (κ1) is 12.7. The van der Waals surface area contributed by atoms with E-state index >= 15 is 0 Å². The molecule has 96 valence electrons. The van der Waals surface area contributed by atoms with Gasteiger partial charge in [0, 0.05) is 24.4 Å². The van der Waals surface area contributed by atoms with Gasteiger partial charge in [-0.15, -0.1) is 0 Å². The van der Waals surface area contributed by atoms with Crippen LogP contribution in [0.3, 0.4) is 0 Å². The van der Waals surface area contributed by atoms with Crippen LogP contribution in [0.4, 0.5) is 5.69 Å². The lowest BCUT2D eigenvalue weighted by Crippen LogP contribution is -2.27. The number of carboxylic acid groups (broad SMARTS) is 1. The van der Waals surface area contributed by atoms with Gasteiger partial charge in [0.15, 0.2) is 0 Å². The van der Waals surface area contributed by atoms with Crippen molar-refractivity contribution in [3.63, 3.8) is 0 Å². The highest BCUT2D eigenvalue weighted by Gasteiger charge is 2.29. The lowest BCUT2D eigenvalue weighted by Gasteiger charge is -2.26. The molecule has 0 amide bonds. The molecule has 3 heteroatoms. The highest BCUT2D eigenvalue weighted by molar-refractivity contribution is 5.87. The first-order chi connectivity index (χ1) is 8.72. The molecule has 0 spiro atoms. The van der Waals surface area contributed by atoms with Crippen LogP contribution in [0.1, 0.15) is 31.7 Å². The molecule has 0 unspecified atom stereocenters. The average molecular weight is 245 g/mol. The first-order valence-electron chi connectivity index (χ1n) is 6.49. The van der Waals surface area contributed by atoms with Crippen molar-refractivity contribution in [2.24, 2.45) is 0 Å². The second-order valence-electron chi connectivity index (χ2n) is 4.65. The average Bonchev–Trinajstić information content (AvgIpc) is 3.18. The molecule has 1 fully saturated rings. The van der Waals surface area contributed by atoms with Gasteiger partial charge in [-0.1, -0.05) is 25.1 Å². The normalized spacial score (nSPS) is 14.9. The van der Waals surface area contributed by atoms with E-state index in [0.717, 1.165) is 24.2 Å².